The molecule has 3 rings (SSSR count). The molecular weight excluding hydrogens is 350 g/mol. The number of anilines is 1. The van der Waals surface area contributed by atoms with Crippen LogP contribution in [-0.4, -0.2) is 40.1 Å². The van der Waals surface area contributed by atoms with Crippen molar-refractivity contribution in [3.8, 4) is 0 Å². The summed E-state index contributed by atoms with van der Waals surface area (Å²) in [5.74, 6) is -0.357. The highest BCUT2D eigenvalue weighted by molar-refractivity contribution is 6.33. The van der Waals surface area contributed by atoms with Gasteiger partial charge in [0, 0.05) is 37.9 Å². The highest BCUT2D eigenvalue weighted by Gasteiger charge is 2.23. The molecule has 2 heterocycles. The van der Waals surface area contributed by atoms with Gasteiger partial charge in [0.15, 0.2) is 0 Å². The van der Waals surface area contributed by atoms with Crippen molar-refractivity contribution in [3.05, 3.63) is 64.3 Å². The number of hydrogen-bond donors (Lipinski definition) is 2. The highest BCUT2D eigenvalue weighted by atomic mass is 35.5. The van der Waals surface area contributed by atoms with Gasteiger partial charge in [-0.05, 0) is 36.6 Å². The van der Waals surface area contributed by atoms with Gasteiger partial charge in [0.05, 0.1) is 5.02 Å². The van der Waals surface area contributed by atoms with Gasteiger partial charge in [-0.25, -0.2) is 9.78 Å². The van der Waals surface area contributed by atoms with E-state index in [1.807, 2.05) is 0 Å². The first kappa shape index (κ1) is 18.4. The number of benzene rings is 1. The molecule has 0 saturated carbocycles. The molecule has 0 aliphatic carbocycles. The van der Waals surface area contributed by atoms with E-state index in [1.165, 1.54) is 17.2 Å². The van der Waals surface area contributed by atoms with Gasteiger partial charge < -0.3 is 10.4 Å². The maximum Gasteiger partial charge on any atom is 0.328 e. The molecule has 1 aromatic heterocycles. The lowest BCUT2D eigenvalue weighted by Gasteiger charge is -2.17. The number of rotatable bonds is 6. The summed E-state index contributed by atoms with van der Waals surface area (Å²) in [6.45, 7) is 5.01. The van der Waals surface area contributed by atoms with E-state index in [0.29, 0.717) is 22.4 Å². The molecule has 1 aromatic carbocycles. The van der Waals surface area contributed by atoms with Crippen LogP contribution in [0.2, 0.25) is 5.02 Å². The van der Waals surface area contributed by atoms with E-state index in [9.17, 15) is 4.79 Å². The van der Waals surface area contributed by atoms with Crippen molar-refractivity contribution < 1.29 is 9.90 Å². The monoisotopic (exact) mass is 371 g/mol. The van der Waals surface area contributed by atoms with E-state index in [2.05, 4.69) is 46.4 Å². The molecule has 6 heteroatoms. The van der Waals surface area contributed by atoms with Crippen LogP contribution < -0.4 is 5.32 Å². The van der Waals surface area contributed by atoms with Gasteiger partial charge in [0.25, 0.3) is 0 Å². The van der Waals surface area contributed by atoms with E-state index in [1.54, 1.807) is 12.3 Å². The first-order valence-corrected chi connectivity index (χ1v) is 8.98. The maximum absolute atomic E-state index is 10.6. The molecule has 1 aliphatic heterocycles. The molecule has 2 aromatic rings. The van der Waals surface area contributed by atoms with E-state index in [0.717, 1.165) is 32.1 Å². The Bertz CT molecular complexity index is 805. The number of carboxylic acids is 1. The Balaban J connectivity index is 1.56. The van der Waals surface area contributed by atoms with E-state index in [4.69, 9.17) is 16.7 Å². The number of aryl methyl sites for hydroxylation is 1. The summed E-state index contributed by atoms with van der Waals surface area (Å²) < 4.78 is 0. The number of likely N-dealkylation sites (tertiary alicyclic amines) is 1. The summed E-state index contributed by atoms with van der Waals surface area (Å²) in [6.07, 6.45) is 5.20. The van der Waals surface area contributed by atoms with Crippen LogP contribution in [0.3, 0.4) is 0 Å². The van der Waals surface area contributed by atoms with Crippen LogP contribution in [0.1, 0.15) is 23.1 Å². The molecule has 26 heavy (non-hydrogen) atoms. The van der Waals surface area contributed by atoms with Crippen molar-refractivity contribution in [1.29, 1.82) is 0 Å². The third-order valence-electron chi connectivity index (χ3n) is 4.42. The van der Waals surface area contributed by atoms with Crippen LogP contribution in [0, 0.1) is 6.92 Å². The van der Waals surface area contributed by atoms with Crippen LogP contribution in [0.25, 0.3) is 6.08 Å². The van der Waals surface area contributed by atoms with E-state index >= 15 is 0 Å². The van der Waals surface area contributed by atoms with Gasteiger partial charge in [-0.1, -0.05) is 41.4 Å². The molecule has 1 atom stereocenters. The minimum atomic E-state index is -0.997. The zero-order valence-corrected chi connectivity index (χ0v) is 15.4. The molecule has 1 fully saturated rings. The molecule has 136 valence electrons. The minimum Gasteiger partial charge on any atom is -0.478 e. The Morgan fingerprint density at radius 3 is 2.88 bits per heavy atom. The van der Waals surface area contributed by atoms with E-state index in [-0.39, 0.29) is 0 Å². The molecule has 0 bridgehead atoms. The predicted molar refractivity (Wildman–Crippen MR) is 104 cm³/mol. The second-order valence-electron chi connectivity index (χ2n) is 6.62. The second kappa shape index (κ2) is 8.34. The summed E-state index contributed by atoms with van der Waals surface area (Å²) in [7, 11) is 0. The fraction of sp³-hybridized carbons (Fsp3) is 0.300. The van der Waals surface area contributed by atoms with Crippen LogP contribution in [0.15, 0.2) is 42.6 Å². The molecule has 0 unspecified atom stereocenters. The van der Waals surface area contributed by atoms with Crippen LogP contribution >= 0.6 is 11.6 Å². The van der Waals surface area contributed by atoms with Crippen molar-refractivity contribution in [2.45, 2.75) is 25.9 Å². The topological polar surface area (TPSA) is 65.5 Å². The smallest absolute Gasteiger partial charge is 0.328 e. The number of carbonyl (C=O) groups is 1. The predicted octanol–water partition coefficient (Wildman–Crippen LogP) is 3.83. The quantitative estimate of drug-likeness (QED) is 0.755. The molecule has 2 N–H and O–H groups in total. The third-order valence-corrected chi connectivity index (χ3v) is 4.71. The van der Waals surface area contributed by atoms with Crippen molar-refractivity contribution in [2.75, 3.05) is 18.4 Å². The first-order chi connectivity index (χ1) is 12.5. The molecule has 0 spiro atoms. The zero-order chi connectivity index (χ0) is 18.5. The SMILES string of the molecule is Cc1ccc(CN2CC[C@@H](Nc3ncc(C=CC(=O)O)cc3Cl)C2)cc1. The third kappa shape index (κ3) is 5.07. The summed E-state index contributed by atoms with van der Waals surface area (Å²) in [5.41, 5.74) is 3.26. The van der Waals surface area contributed by atoms with Crippen molar-refractivity contribution >= 4 is 29.5 Å². The van der Waals surface area contributed by atoms with Gasteiger partial charge in [-0.3, -0.25) is 4.90 Å². The van der Waals surface area contributed by atoms with Crippen molar-refractivity contribution in [3.63, 3.8) is 0 Å². The van der Waals surface area contributed by atoms with Gasteiger partial charge in [-0.2, -0.15) is 0 Å². The average Bonchev–Trinajstić information content (AvgIpc) is 3.04. The molecular formula is C20H22ClN3O2. The summed E-state index contributed by atoms with van der Waals surface area (Å²) in [4.78, 5) is 17.3. The largest absolute Gasteiger partial charge is 0.478 e. The van der Waals surface area contributed by atoms with E-state index < -0.39 is 5.97 Å². The number of nitrogens with one attached hydrogen (secondary N) is 1. The normalized spacial score (nSPS) is 17.7. The second-order valence-corrected chi connectivity index (χ2v) is 7.03. The lowest BCUT2D eigenvalue weighted by Crippen LogP contribution is -2.26. The van der Waals surface area contributed by atoms with Crippen LogP contribution in [0.5, 0.6) is 0 Å². The number of nitrogens with zero attached hydrogens (tertiary/aromatic N) is 2. The number of hydrogen-bond acceptors (Lipinski definition) is 4. The molecule has 0 radical (unpaired) electrons. The number of halogens is 1. The lowest BCUT2D eigenvalue weighted by atomic mass is 10.1. The zero-order valence-electron chi connectivity index (χ0n) is 14.7. The van der Waals surface area contributed by atoms with Crippen LogP contribution in [-0.2, 0) is 11.3 Å². The van der Waals surface area contributed by atoms with Gasteiger partial charge in [0.2, 0.25) is 0 Å². The fourth-order valence-corrected chi connectivity index (χ4v) is 3.29. The van der Waals surface area contributed by atoms with Gasteiger partial charge in [0.1, 0.15) is 5.82 Å². The first-order valence-electron chi connectivity index (χ1n) is 8.60. The van der Waals surface area contributed by atoms with Crippen LogP contribution in [0.4, 0.5) is 5.82 Å². The Morgan fingerprint density at radius 1 is 1.42 bits per heavy atom. The Morgan fingerprint density at radius 2 is 2.19 bits per heavy atom. The number of pyridine rings is 1. The number of carboxylic acid groups (broad SMARTS) is 1. The van der Waals surface area contributed by atoms with Crippen molar-refractivity contribution in [2.24, 2.45) is 0 Å². The summed E-state index contributed by atoms with van der Waals surface area (Å²) >= 11 is 6.28. The highest BCUT2D eigenvalue weighted by Crippen LogP contribution is 2.24. The number of aliphatic carboxylic acids is 1. The summed E-state index contributed by atoms with van der Waals surface area (Å²) in [6, 6.07) is 10.7. The minimum absolute atomic E-state index is 0.297. The van der Waals surface area contributed by atoms with Crippen molar-refractivity contribution in [1.82, 2.24) is 9.88 Å². The Kier molecular flexibility index (Phi) is 5.91. The lowest BCUT2D eigenvalue weighted by molar-refractivity contribution is -0.131. The average molecular weight is 372 g/mol. The maximum atomic E-state index is 10.6. The molecule has 1 aliphatic rings. The Hall–Kier alpha value is -2.37. The standard InChI is InChI=1S/C20H22ClN3O2/c1-14-2-4-15(5-3-14)12-24-9-8-17(13-24)23-20-18(21)10-16(11-22-20)6-7-19(25)26/h2-7,10-11,17H,8-9,12-13H2,1H3,(H,22,23)(H,25,26)/t17-/m1/s1. The molecule has 5 nitrogen and oxygen atoms in total. The number of aromatic nitrogens is 1. The summed E-state index contributed by atoms with van der Waals surface area (Å²) in [5, 5.41) is 12.6. The van der Waals surface area contributed by atoms with Gasteiger partial charge >= 0.3 is 5.97 Å². The fourth-order valence-electron chi connectivity index (χ4n) is 3.06. The van der Waals surface area contributed by atoms with Gasteiger partial charge in [-0.15, -0.1) is 0 Å². The Labute approximate surface area is 158 Å². The molecule has 0 amide bonds. The molecule has 1 saturated heterocycles.